The first kappa shape index (κ1) is 18.2. The quantitative estimate of drug-likeness (QED) is 0.576. The first-order valence-corrected chi connectivity index (χ1v) is 7.02. The highest BCUT2D eigenvalue weighted by Gasteiger charge is 2.52. The van der Waals surface area contributed by atoms with Gasteiger partial charge in [-0.3, -0.25) is 10.1 Å². The molecule has 0 saturated carbocycles. The highest BCUT2D eigenvalue weighted by molar-refractivity contribution is 5.86. The monoisotopic (exact) mass is 316 g/mol. The van der Waals surface area contributed by atoms with Crippen molar-refractivity contribution in [2.75, 3.05) is 33.9 Å². The molecule has 126 valence electrons. The Kier molecular flexibility index (Phi) is 5.76. The number of rotatable bonds is 5. The summed E-state index contributed by atoms with van der Waals surface area (Å²) in [5.74, 6) is -0.854. The van der Waals surface area contributed by atoms with E-state index in [2.05, 4.69) is 10.1 Å². The Labute approximate surface area is 130 Å². The van der Waals surface area contributed by atoms with Crippen LogP contribution in [0, 0.1) is 0 Å². The van der Waals surface area contributed by atoms with E-state index in [4.69, 9.17) is 9.47 Å². The Bertz CT molecular complexity index is 437. The van der Waals surface area contributed by atoms with Gasteiger partial charge in [-0.05, 0) is 20.8 Å². The lowest BCUT2D eigenvalue weighted by Crippen LogP contribution is -2.74. The van der Waals surface area contributed by atoms with Gasteiger partial charge in [-0.2, -0.15) is 0 Å². The van der Waals surface area contributed by atoms with Crippen LogP contribution >= 0.6 is 0 Å². The number of hydrogen-bond acceptors (Lipinski definition) is 7. The molecule has 0 radical (unpaired) electrons. The predicted molar refractivity (Wildman–Crippen MR) is 77.2 cm³/mol. The van der Waals surface area contributed by atoms with Crippen LogP contribution in [-0.4, -0.2) is 67.9 Å². The molecule has 0 aromatic carbocycles. The lowest BCUT2D eigenvalue weighted by atomic mass is 9.90. The summed E-state index contributed by atoms with van der Waals surface area (Å²) in [6.07, 6.45) is -0.358. The van der Waals surface area contributed by atoms with Crippen LogP contribution in [0.15, 0.2) is 0 Å². The lowest BCUT2D eigenvalue weighted by molar-refractivity contribution is -0.156. The van der Waals surface area contributed by atoms with Crippen LogP contribution in [0.2, 0.25) is 0 Å². The van der Waals surface area contributed by atoms with Gasteiger partial charge in [0, 0.05) is 6.54 Å². The fraction of sp³-hybridized carbons (Fsp3) is 0.786. The van der Waals surface area contributed by atoms with E-state index in [9.17, 15) is 14.4 Å². The van der Waals surface area contributed by atoms with Crippen LogP contribution in [0.1, 0.15) is 27.2 Å². The topological polar surface area (TPSA) is 94.2 Å². The van der Waals surface area contributed by atoms with Gasteiger partial charge in [0.05, 0.1) is 33.7 Å². The van der Waals surface area contributed by atoms with Crippen molar-refractivity contribution in [3.8, 4) is 0 Å². The van der Waals surface area contributed by atoms with Crippen molar-refractivity contribution in [1.82, 2.24) is 10.2 Å². The number of carbonyl (C=O) groups is 3. The molecule has 1 aliphatic heterocycles. The maximum absolute atomic E-state index is 11.9. The largest absolute Gasteiger partial charge is 0.469 e. The zero-order chi connectivity index (χ0) is 17.0. The van der Waals surface area contributed by atoms with Gasteiger partial charge in [0.2, 0.25) is 0 Å². The van der Waals surface area contributed by atoms with Gasteiger partial charge in [-0.1, -0.05) is 0 Å². The summed E-state index contributed by atoms with van der Waals surface area (Å²) in [6, 6.07) is 0. The van der Waals surface area contributed by atoms with Crippen molar-refractivity contribution in [1.29, 1.82) is 0 Å². The molecule has 8 heteroatoms. The van der Waals surface area contributed by atoms with E-state index in [1.807, 2.05) is 0 Å². The van der Waals surface area contributed by atoms with Crippen molar-refractivity contribution < 1.29 is 28.6 Å². The number of esters is 2. The van der Waals surface area contributed by atoms with Crippen molar-refractivity contribution in [2.24, 2.45) is 0 Å². The molecule has 0 aliphatic carbocycles. The summed E-state index contributed by atoms with van der Waals surface area (Å²) < 4.78 is 14.6. The third kappa shape index (κ3) is 4.59. The van der Waals surface area contributed by atoms with Gasteiger partial charge in [-0.25, -0.2) is 9.59 Å². The van der Waals surface area contributed by atoms with Gasteiger partial charge in [-0.15, -0.1) is 0 Å². The smallest absolute Gasteiger partial charge is 0.410 e. The van der Waals surface area contributed by atoms with E-state index < -0.39 is 23.2 Å². The Balaban J connectivity index is 2.58. The third-order valence-corrected chi connectivity index (χ3v) is 3.17. The Morgan fingerprint density at radius 1 is 1.14 bits per heavy atom. The number of ether oxygens (including phenoxy) is 3. The molecule has 1 saturated heterocycles. The molecule has 0 bridgehead atoms. The molecule has 1 N–H and O–H groups in total. The van der Waals surface area contributed by atoms with E-state index >= 15 is 0 Å². The summed E-state index contributed by atoms with van der Waals surface area (Å²) in [4.78, 5) is 36.4. The standard InChI is InChI=1S/C14H24N2O6/c1-13(2,3)22-12(19)16-8-14(9-16,11(18)21-5)15-7-6-10(17)20-4/h15H,6-9H2,1-5H3. The fourth-order valence-electron chi connectivity index (χ4n) is 2.08. The maximum Gasteiger partial charge on any atom is 0.410 e. The first-order chi connectivity index (χ1) is 10.1. The molecular formula is C14H24N2O6. The Hall–Kier alpha value is -1.83. The molecule has 1 amide bonds. The minimum Gasteiger partial charge on any atom is -0.469 e. The second-order valence-corrected chi connectivity index (χ2v) is 6.16. The predicted octanol–water partition coefficient (Wildman–Crippen LogP) is 0.302. The molecule has 1 fully saturated rings. The Morgan fingerprint density at radius 2 is 1.73 bits per heavy atom. The zero-order valence-electron chi connectivity index (χ0n) is 13.7. The molecule has 0 atom stereocenters. The van der Waals surface area contributed by atoms with Crippen molar-refractivity contribution >= 4 is 18.0 Å². The van der Waals surface area contributed by atoms with Gasteiger partial charge in [0.25, 0.3) is 0 Å². The van der Waals surface area contributed by atoms with Gasteiger partial charge >= 0.3 is 18.0 Å². The van der Waals surface area contributed by atoms with Crippen LogP contribution in [0.4, 0.5) is 4.79 Å². The molecule has 0 aromatic heterocycles. The van der Waals surface area contributed by atoms with Crippen molar-refractivity contribution in [3.05, 3.63) is 0 Å². The highest BCUT2D eigenvalue weighted by Crippen LogP contribution is 2.25. The van der Waals surface area contributed by atoms with E-state index in [0.717, 1.165) is 0 Å². The number of amides is 1. The van der Waals surface area contributed by atoms with Crippen molar-refractivity contribution in [2.45, 2.75) is 38.3 Å². The summed E-state index contributed by atoms with van der Waals surface area (Å²) in [5.41, 5.74) is -1.60. The number of likely N-dealkylation sites (tertiary alicyclic amines) is 1. The van der Waals surface area contributed by atoms with Gasteiger partial charge in [0.15, 0.2) is 5.54 Å². The van der Waals surface area contributed by atoms with Crippen LogP contribution in [-0.2, 0) is 23.8 Å². The van der Waals surface area contributed by atoms with Crippen LogP contribution in [0.3, 0.4) is 0 Å². The summed E-state index contributed by atoms with van der Waals surface area (Å²) >= 11 is 0. The normalized spacial score (nSPS) is 16.5. The minimum atomic E-state index is -1.00. The molecule has 22 heavy (non-hydrogen) atoms. The van der Waals surface area contributed by atoms with E-state index in [-0.39, 0.29) is 32.0 Å². The maximum atomic E-state index is 11.9. The summed E-state index contributed by atoms with van der Waals surface area (Å²) in [5, 5.41) is 2.97. The Morgan fingerprint density at radius 3 is 2.18 bits per heavy atom. The van der Waals surface area contributed by atoms with Crippen LogP contribution in [0.5, 0.6) is 0 Å². The van der Waals surface area contributed by atoms with E-state index in [1.54, 1.807) is 20.8 Å². The average Bonchev–Trinajstić information content (AvgIpc) is 2.38. The molecule has 1 heterocycles. The van der Waals surface area contributed by atoms with Crippen LogP contribution < -0.4 is 5.32 Å². The highest BCUT2D eigenvalue weighted by atomic mass is 16.6. The SMILES string of the molecule is COC(=O)CCNC1(C(=O)OC)CN(C(=O)OC(C)(C)C)C1. The molecule has 0 unspecified atom stereocenters. The summed E-state index contributed by atoms with van der Waals surface area (Å²) in [6.45, 7) is 5.84. The number of methoxy groups -OCH3 is 2. The lowest BCUT2D eigenvalue weighted by Gasteiger charge is -2.47. The van der Waals surface area contributed by atoms with Gasteiger partial charge < -0.3 is 19.1 Å². The average molecular weight is 316 g/mol. The molecule has 0 aromatic rings. The first-order valence-electron chi connectivity index (χ1n) is 7.02. The fourth-order valence-corrected chi connectivity index (χ4v) is 2.08. The molecule has 0 spiro atoms. The zero-order valence-corrected chi connectivity index (χ0v) is 13.7. The number of nitrogens with one attached hydrogen (secondary N) is 1. The van der Waals surface area contributed by atoms with Crippen LogP contribution in [0.25, 0.3) is 0 Å². The third-order valence-electron chi connectivity index (χ3n) is 3.17. The molecule has 1 rings (SSSR count). The van der Waals surface area contributed by atoms with E-state index in [0.29, 0.717) is 0 Å². The summed E-state index contributed by atoms with van der Waals surface area (Å²) in [7, 11) is 2.58. The van der Waals surface area contributed by atoms with E-state index in [1.165, 1.54) is 19.1 Å². The minimum absolute atomic E-state index is 0.127. The van der Waals surface area contributed by atoms with Crippen molar-refractivity contribution in [3.63, 3.8) is 0 Å². The second-order valence-electron chi connectivity index (χ2n) is 6.16. The number of nitrogens with zero attached hydrogens (tertiary/aromatic N) is 1. The van der Waals surface area contributed by atoms with Gasteiger partial charge in [0.1, 0.15) is 5.60 Å². The molecule has 8 nitrogen and oxygen atoms in total. The number of carbonyl (C=O) groups excluding carboxylic acids is 3. The molecule has 1 aliphatic rings. The molecular weight excluding hydrogens is 292 g/mol. The second kappa shape index (κ2) is 6.95. The number of hydrogen-bond donors (Lipinski definition) is 1.